The molecule has 0 saturated heterocycles. The fraction of sp³-hybridized carbons (Fsp3) is 0.333. The van der Waals surface area contributed by atoms with Crippen molar-refractivity contribution in [2.75, 3.05) is 41.3 Å². The van der Waals surface area contributed by atoms with Crippen LogP contribution in [0, 0.1) is 0 Å². The van der Waals surface area contributed by atoms with Crippen molar-refractivity contribution >= 4 is 23.3 Å². The lowest BCUT2D eigenvalue weighted by molar-refractivity contribution is 0.0917. The van der Waals surface area contributed by atoms with Gasteiger partial charge < -0.3 is 23.7 Å². The zero-order chi connectivity index (χ0) is 23.7. The number of carbonyl (C=O) groups is 2. The summed E-state index contributed by atoms with van der Waals surface area (Å²) in [6.07, 6.45) is 3.59. The number of ether oxygens (including phenoxy) is 5. The molecule has 0 saturated carbocycles. The van der Waals surface area contributed by atoms with Gasteiger partial charge in [-0.2, -0.15) is 0 Å². The number of hydrogen-bond donors (Lipinski definition) is 0. The second-order valence-electron chi connectivity index (χ2n) is 6.57. The van der Waals surface area contributed by atoms with E-state index in [2.05, 4.69) is 6.58 Å². The maximum absolute atomic E-state index is 12.8. The Kier molecular flexibility index (Phi) is 9.46. The van der Waals surface area contributed by atoms with Crippen LogP contribution in [0.2, 0.25) is 0 Å². The van der Waals surface area contributed by atoms with Gasteiger partial charge in [0.1, 0.15) is 6.61 Å². The van der Waals surface area contributed by atoms with Gasteiger partial charge in [-0.25, -0.2) is 0 Å². The van der Waals surface area contributed by atoms with Crippen LogP contribution in [0.25, 0.3) is 0 Å². The van der Waals surface area contributed by atoms with Crippen LogP contribution in [0.4, 0.5) is 0 Å². The minimum absolute atomic E-state index is 0.0309. The predicted molar refractivity (Wildman–Crippen MR) is 124 cm³/mol. The van der Waals surface area contributed by atoms with Crippen molar-refractivity contribution in [2.45, 2.75) is 17.7 Å². The van der Waals surface area contributed by atoms with Gasteiger partial charge >= 0.3 is 0 Å². The van der Waals surface area contributed by atoms with Gasteiger partial charge in [-0.15, -0.1) is 11.8 Å². The third kappa shape index (κ3) is 5.76. The minimum Gasteiger partial charge on any atom is -0.493 e. The average molecular weight is 461 g/mol. The molecular formula is C24H28O7S. The summed E-state index contributed by atoms with van der Waals surface area (Å²) in [4.78, 5) is 26.4. The minimum atomic E-state index is -0.208. The van der Waals surface area contributed by atoms with E-state index in [4.69, 9.17) is 23.7 Å². The number of rotatable bonds is 13. The van der Waals surface area contributed by atoms with Crippen molar-refractivity contribution in [2.24, 2.45) is 0 Å². The first kappa shape index (κ1) is 25.1. The van der Waals surface area contributed by atoms with Crippen molar-refractivity contribution < 1.29 is 33.3 Å². The van der Waals surface area contributed by atoms with Crippen LogP contribution in [-0.2, 0) is 0 Å². The zero-order valence-corrected chi connectivity index (χ0v) is 19.8. The molecule has 0 spiro atoms. The fourth-order valence-electron chi connectivity index (χ4n) is 3.08. The number of methoxy groups -OCH3 is 4. The molecule has 2 aromatic carbocycles. The highest BCUT2D eigenvalue weighted by atomic mass is 32.2. The summed E-state index contributed by atoms with van der Waals surface area (Å²) >= 11 is 1.44. The van der Waals surface area contributed by atoms with E-state index in [0.29, 0.717) is 46.5 Å². The van der Waals surface area contributed by atoms with E-state index in [1.165, 1.54) is 40.2 Å². The molecule has 0 radical (unpaired) electrons. The normalized spacial score (nSPS) is 10.3. The summed E-state index contributed by atoms with van der Waals surface area (Å²) in [5.74, 6) is 1.80. The molecule has 0 N–H and O–H groups in total. The number of Topliss-reactive ketones (excluding diaryl/α,β-unsaturated/α-hetero) is 2. The number of thioether (sulfide) groups is 1. The maximum atomic E-state index is 12.8. The molecule has 7 nitrogen and oxygen atoms in total. The van der Waals surface area contributed by atoms with Crippen molar-refractivity contribution in [1.29, 1.82) is 0 Å². The number of hydrogen-bond acceptors (Lipinski definition) is 8. The molecule has 0 unspecified atom stereocenters. The molecule has 8 heteroatoms. The van der Waals surface area contributed by atoms with Gasteiger partial charge in [0, 0.05) is 24.0 Å². The Balaban J connectivity index is 2.22. The lowest BCUT2D eigenvalue weighted by atomic mass is 10.0. The smallest absolute Gasteiger partial charge is 0.203 e. The number of carbonyl (C=O) groups excluding carboxylic acids is 2. The Morgan fingerprint density at radius 3 is 1.69 bits per heavy atom. The summed E-state index contributed by atoms with van der Waals surface area (Å²) in [6.45, 7) is 3.97. The monoisotopic (exact) mass is 460 g/mol. The Hall–Kier alpha value is -3.13. The number of ketones is 2. The lowest BCUT2D eigenvalue weighted by Gasteiger charge is -2.15. The van der Waals surface area contributed by atoms with Gasteiger partial charge in [-0.1, -0.05) is 12.7 Å². The lowest BCUT2D eigenvalue weighted by Crippen LogP contribution is -2.07. The highest BCUT2D eigenvalue weighted by Crippen LogP contribution is 2.40. The molecule has 0 bridgehead atoms. The van der Waals surface area contributed by atoms with Crippen LogP contribution in [0.3, 0.4) is 0 Å². The van der Waals surface area contributed by atoms with Gasteiger partial charge in [0.05, 0.1) is 33.3 Å². The van der Waals surface area contributed by atoms with Crippen LogP contribution in [0.1, 0.15) is 33.6 Å². The van der Waals surface area contributed by atoms with Crippen LogP contribution in [0.15, 0.2) is 41.8 Å². The van der Waals surface area contributed by atoms with E-state index in [1.54, 1.807) is 30.3 Å². The fourth-order valence-corrected chi connectivity index (χ4v) is 3.67. The Bertz CT molecular complexity index is 934. The standard InChI is InChI=1S/C24H28O7S/c1-7-10-31-24-21(29-4)13-16(14-22(24)32-6)18(26)9-8-17(25)15-11-19(27-2)23(30-5)20(12-15)28-3/h7,11-14H,1,8-10H2,2-6H3. The van der Waals surface area contributed by atoms with Crippen molar-refractivity contribution in [3.63, 3.8) is 0 Å². The van der Waals surface area contributed by atoms with Crippen LogP contribution in [0.5, 0.6) is 28.7 Å². The molecule has 2 rings (SSSR count). The number of benzene rings is 2. The maximum Gasteiger partial charge on any atom is 0.203 e. The third-order valence-electron chi connectivity index (χ3n) is 4.69. The van der Waals surface area contributed by atoms with E-state index < -0.39 is 0 Å². The molecule has 2 aromatic rings. The Morgan fingerprint density at radius 1 is 0.812 bits per heavy atom. The van der Waals surface area contributed by atoms with Gasteiger partial charge in [0.15, 0.2) is 34.6 Å². The molecule has 32 heavy (non-hydrogen) atoms. The SMILES string of the molecule is C=CCOc1c(OC)cc(C(=O)CCC(=O)c2cc(OC)c(OC)c(OC)c2)cc1SC. The highest BCUT2D eigenvalue weighted by Gasteiger charge is 2.20. The topological polar surface area (TPSA) is 80.3 Å². The van der Waals surface area contributed by atoms with Crippen LogP contribution >= 0.6 is 11.8 Å². The predicted octanol–water partition coefficient (Wildman–Crippen LogP) is 4.85. The van der Waals surface area contributed by atoms with Gasteiger partial charge in [0.2, 0.25) is 5.75 Å². The zero-order valence-electron chi connectivity index (χ0n) is 19.0. The summed E-state index contributed by atoms with van der Waals surface area (Å²) in [7, 11) is 5.97. The third-order valence-corrected chi connectivity index (χ3v) is 5.44. The largest absolute Gasteiger partial charge is 0.493 e. The Morgan fingerprint density at radius 2 is 1.28 bits per heavy atom. The molecule has 0 aliphatic heterocycles. The second-order valence-corrected chi connectivity index (χ2v) is 7.42. The summed E-state index contributed by atoms with van der Waals surface area (Å²) < 4.78 is 27.0. The Labute approximate surface area is 192 Å². The molecule has 0 heterocycles. The van der Waals surface area contributed by atoms with Crippen LogP contribution < -0.4 is 23.7 Å². The highest BCUT2D eigenvalue weighted by molar-refractivity contribution is 7.98. The van der Waals surface area contributed by atoms with E-state index in [1.807, 2.05) is 6.26 Å². The quantitative estimate of drug-likeness (QED) is 0.238. The summed E-state index contributed by atoms with van der Waals surface area (Å²) in [5.41, 5.74) is 0.831. The molecule has 0 atom stereocenters. The summed E-state index contributed by atoms with van der Waals surface area (Å²) in [5, 5.41) is 0. The van der Waals surface area contributed by atoms with E-state index in [-0.39, 0.29) is 24.4 Å². The molecular weight excluding hydrogens is 432 g/mol. The first-order chi connectivity index (χ1) is 15.4. The van der Waals surface area contributed by atoms with Crippen molar-refractivity contribution in [1.82, 2.24) is 0 Å². The van der Waals surface area contributed by atoms with E-state index >= 15 is 0 Å². The van der Waals surface area contributed by atoms with Gasteiger partial charge in [0.25, 0.3) is 0 Å². The van der Waals surface area contributed by atoms with Crippen LogP contribution in [-0.4, -0.2) is 52.9 Å². The molecule has 172 valence electrons. The molecule has 0 fully saturated rings. The molecule has 0 aromatic heterocycles. The second kappa shape index (κ2) is 12.0. The van der Waals surface area contributed by atoms with Gasteiger partial charge in [-0.3, -0.25) is 9.59 Å². The molecule has 0 aliphatic rings. The summed E-state index contributed by atoms with van der Waals surface area (Å²) in [6, 6.07) is 6.53. The first-order valence-corrected chi connectivity index (χ1v) is 11.0. The van der Waals surface area contributed by atoms with E-state index in [9.17, 15) is 9.59 Å². The van der Waals surface area contributed by atoms with Gasteiger partial charge in [-0.05, 0) is 30.5 Å². The average Bonchev–Trinajstić information content (AvgIpc) is 2.83. The first-order valence-electron chi connectivity index (χ1n) is 9.80. The van der Waals surface area contributed by atoms with Crippen molar-refractivity contribution in [3.05, 3.63) is 48.0 Å². The molecule has 0 aliphatic carbocycles. The van der Waals surface area contributed by atoms with E-state index in [0.717, 1.165) is 4.90 Å². The van der Waals surface area contributed by atoms with Crippen molar-refractivity contribution in [3.8, 4) is 28.7 Å². The molecule has 0 amide bonds.